The van der Waals surface area contributed by atoms with Crippen LogP contribution in [0.25, 0.3) is 0 Å². The minimum Gasteiger partial charge on any atom is -0.324 e. The van der Waals surface area contributed by atoms with Crippen LogP contribution >= 0.6 is 0 Å². The third-order valence-corrected chi connectivity index (χ3v) is 1.25. The molecule has 9 heavy (non-hydrogen) atoms. The highest BCUT2D eigenvalue weighted by atomic mass is 14.6. The van der Waals surface area contributed by atoms with Crippen molar-refractivity contribution in [2.75, 3.05) is 0 Å². The average molecular weight is 125 g/mol. The SMILES string of the molecule is C=CCCCC(N)C=C. The topological polar surface area (TPSA) is 26.0 Å². The van der Waals surface area contributed by atoms with Crippen LogP contribution < -0.4 is 5.73 Å². The van der Waals surface area contributed by atoms with Crippen LogP contribution in [-0.4, -0.2) is 6.04 Å². The lowest BCUT2D eigenvalue weighted by molar-refractivity contribution is 0.675. The molecule has 0 aliphatic heterocycles. The van der Waals surface area contributed by atoms with Crippen LogP contribution in [0.2, 0.25) is 0 Å². The molecule has 0 amide bonds. The quantitative estimate of drug-likeness (QED) is 0.440. The molecule has 0 saturated carbocycles. The Balaban J connectivity index is 3.05. The Morgan fingerprint density at radius 3 is 2.56 bits per heavy atom. The van der Waals surface area contributed by atoms with E-state index in [2.05, 4.69) is 13.2 Å². The van der Waals surface area contributed by atoms with Crippen LogP contribution in [0.15, 0.2) is 25.3 Å². The smallest absolute Gasteiger partial charge is 0.0221 e. The van der Waals surface area contributed by atoms with Crippen molar-refractivity contribution in [3.05, 3.63) is 25.3 Å². The van der Waals surface area contributed by atoms with E-state index in [1.165, 1.54) is 0 Å². The van der Waals surface area contributed by atoms with E-state index >= 15 is 0 Å². The first kappa shape index (κ1) is 8.44. The Morgan fingerprint density at radius 1 is 1.44 bits per heavy atom. The minimum absolute atomic E-state index is 0.171. The van der Waals surface area contributed by atoms with Crippen LogP contribution in [0.4, 0.5) is 0 Å². The fourth-order valence-electron chi connectivity index (χ4n) is 0.616. The van der Waals surface area contributed by atoms with Crippen molar-refractivity contribution >= 4 is 0 Å². The lowest BCUT2D eigenvalue weighted by atomic mass is 10.1. The van der Waals surface area contributed by atoms with Gasteiger partial charge in [0.2, 0.25) is 0 Å². The zero-order chi connectivity index (χ0) is 7.11. The molecule has 0 bridgehead atoms. The van der Waals surface area contributed by atoms with Crippen LogP contribution in [0.3, 0.4) is 0 Å². The summed E-state index contributed by atoms with van der Waals surface area (Å²) in [5.41, 5.74) is 5.56. The molecule has 0 aromatic heterocycles. The fraction of sp³-hybridized carbons (Fsp3) is 0.500. The van der Waals surface area contributed by atoms with E-state index in [0.717, 1.165) is 19.3 Å². The van der Waals surface area contributed by atoms with Gasteiger partial charge >= 0.3 is 0 Å². The molecular formula is C8H15N. The third kappa shape index (κ3) is 5.31. The summed E-state index contributed by atoms with van der Waals surface area (Å²) in [6.07, 6.45) is 6.90. The van der Waals surface area contributed by atoms with Crippen LogP contribution in [0.5, 0.6) is 0 Å². The number of allylic oxidation sites excluding steroid dienone is 1. The fourth-order valence-corrected chi connectivity index (χ4v) is 0.616. The van der Waals surface area contributed by atoms with Crippen molar-refractivity contribution in [3.63, 3.8) is 0 Å². The standard InChI is InChI=1S/C8H15N/c1-3-5-6-7-8(9)4-2/h3-4,8H,1-2,5-7,9H2. The highest BCUT2D eigenvalue weighted by Crippen LogP contribution is 1.98. The Morgan fingerprint density at radius 2 is 2.11 bits per heavy atom. The van der Waals surface area contributed by atoms with Gasteiger partial charge in [0.15, 0.2) is 0 Å². The van der Waals surface area contributed by atoms with E-state index in [9.17, 15) is 0 Å². The zero-order valence-electron chi connectivity index (χ0n) is 5.84. The van der Waals surface area contributed by atoms with Gasteiger partial charge in [-0.2, -0.15) is 0 Å². The molecule has 0 fully saturated rings. The summed E-state index contributed by atoms with van der Waals surface area (Å²) in [5, 5.41) is 0. The predicted molar refractivity (Wildman–Crippen MR) is 42.2 cm³/mol. The van der Waals surface area contributed by atoms with Crippen molar-refractivity contribution < 1.29 is 0 Å². The molecule has 1 unspecified atom stereocenters. The molecule has 52 valence electrons. The molecule has 1 heteroatoms. The van der Waals surface area contributed by atoms with Crippen LogP contribution in [0.1, 0.15) is 19.3 Å². The van der Waals surface area contributed by atoms with Gasteiger partial charge in [0.1, 0.15) is 0 Å². The Hall–Kier alpha value is -0.560. The molecule has 0 saturated heterocycles. The monoisotopic (exact) mass is 125 g/mol. The van der Waals surface area contributed by atoms with E-state index < -0.39 is 0 Å². The lowest BCUT2D eigenvalue weighted by Gasteiger charge is -2.01. The van der Waals surface area contributed by atoms with Crippen LogP contribution in [0, 0.1) is 0 Å². The largest absolute Gasteiger partial charge is 0.324 e. The van der Waals surface area contributed by atoms with Crippen LogP contribution in [-0.2, 0) is 0 Å². The first-order valence-corrected chi connectivity index (χ1v) is 3.30. The first-order chi connectivity index (χ1) is 4.31. The first-order valence-electron chi connectivity index (χ1n) is 3.30. The number of nitrogens with two attached hydrogens (primary N) is 1. The van der Waals surface area contributed by atoms with E-state index in [0.29, 0.717) is 0 Å². The summed E-state index contributed by atoms with van der Waals surface area (Å²) in [7, 11) is 0. The number of hydrogen-bond donors (Lipinski definition) is 1. The summed E-state index contributed by atoms with van der Waals surface area (Å²) >= 11 is 0. The molecule has 0 aliphatic rings. The van der Waals surface area contributed by atoms with Crippen molar-refractivity contribution in [2.45, 2.75) is 25.3 Å². The Labute approximate surface area is 57.3 Å². The highest BCUT2D eigenvalue weighted by molar-refractivity contribution is 4.82. The second kappa shape index (κ2) is 5.57. The molecule has 0 aromatic carbocycles. The van der Waals surface area contributed by atoms with E-state index in [1.807, 2.05) is 6.08 Å². The molecule has 0 heterocycles. The van der Waals surface area contributed by atoms with Gasteiger partial charge in [-0.3, -0.25) is 0 Å². The van der Waals surface area contributed by atoms with Gasteiger partial charge in [-0.05, 0) is 19.3 Å². The summed E-state index contributed by atoms with van der Waals surface area (Å²) in [6.45, 7) is 7.21. The van der Waals surface area contributed by atoms with Gasteiger partial charge in [-0.25, -0.2) is 0 Å². The maximum absolute atomic E-state index is 5.56. The van der Waals surface area contributed by atoms with E-state index in [-0.39, 0.29) is 6.04 Å². The summed E-state index contributed by atoms with van der Waals surface area (Å²) in [6, 6.07) is 0.171. The van der Waals surface area contributed by atoms with Crippen molar-refractivity contribution in [3.8, 4) is 0 Å². The molecule has 0 spiro atoms. The second-order valence-electron chi connectivity index (χ2n) is 2.12. The molecule has 1 atom stereocenters. The normalized spacial score (nSPS) is 12.6. The Bertz CT molecular complexity index is 86.6. The predicted octanol–water partition coefficient (Wildman–Crippen LogP) is 1.86. The second-order valence-corrected chi connectivity index (χ2v) is 2.12. The molecule has 0 rings (SSSR count). The molecule has 1 nitrogen and oxygen atoms in total. The molecule has 0 radical (unpaired) electrons. The zero-order valence-corrected chi connectivity index (χ0v) is 5.84. The van der Waals surface area contributed by atoms with Crippen molar-refractivity contribution in [1.29, 1.82) is 0 Å². The molecule has 2 N–H and O–H groups in total. The van der Waals surface area contributed by atoms with Gasteiger partial charge < -0.3 is 5.73 Å². The lowest BCUT2D eigenvalue weighted by Crippen LogP contribution is -2.15. The summed E-state index contributed by atoms with van der Waals surface area (Å²) in [5.74, 6) is 0. The minimum atomic E-state index is 0.171. The van der Waals surface area contributed by atoms with Gasteiger partial charge in [0.05, 0.1) is 0 Å². The number of unbranched alkanes of at least 4 members (excludes halogenated alkanes) is 1. The highest BCUT2D eigenvalue weighted by Gasteiger charge is 1.92. The molecule has 0 aliphatic carbocycles. The number of hydrogen-bond acceptors (Lipinski definition) is 1. The Kier molecular flexibility index (Phi) is 5.23. The summed E-state index contributed by atoms with van der Waals surface area (Å²) in [4.78, 5) is 0. The van der Waals surface area contributed by atoms with Gasteiger partial charge in [0, 0.05) is 6.04 Å². The van der Waals surface area contributed by atoms with Crippen molar-refractivity contribution in [1.82, 2.24) is 0 Å². The van der Waals surface area contributed by atoms with Gasteiger partial charge in [0.25, 0.3) is 0 Å². The van der Waals surface area contributed by atoms with Gasteiger partial charge in [-0.15, -0.1) is 13.2 Å². The maximum Gasteiger partial charge on any atom is 0.0221 e. The molecular weight excluding hydrogens is 110 g/mol. The van der Waals surface area contributed by atoms with Gasteiger partial charge in [-0.1, -0.05) is 12.2 Å². The van der Waals surface area contributed by atoms with E-state index in [1.54, 1.807) is 6.08 Å². The van der Waals surface area contributed by atoms with Crippen molar-refractivity contribution in [2.24, 2.45) is 5.73 Å². The average Bonchev–Trinajstić information content (AvgIpc) is 1.89. The maximum atomic E-state index is 5.56. The van der Waals surface area contributed by atoms with E-state index in [4.69, 9.17) is 5.73 Å². The summed E-state index contributed by atoms with van der Waals surface area (Å²) < 4.78 is 0. The molecule has 0 aromatic rings. The number of rotatable bonds is 5. The third-order valence-electron chi connectivity index (χ3n) is 1.25.